The standard InChI is InChI=1S/C11H11N3O2S/c12-9(15)11(10(13)17)6-8(14-16-11)7-4-2-1-3-5-7/h1-5H,6H2,(H2,12,15)(H2,13,17)/t11-/m1/s1. The molecule has 0 bridgehead atoms. The number of nitrogens with two attached hydrogens (primary N) is 2. The van der Waals surface area contributed by atoms with E-state index in [1.807, 2.05) is 30.3 Å². The molecule has 17 heavy (non-hydrogen) atoms. The van der Waals surface area contributed by atoms with Crippen LogP contribution < -0.4 is 11.5 Å². The highest BCUT2D eigenvalue weighted by molar-refractivity contribution is 7.80. The predicted octanol–water partition coefficient (Wildman–Crippen LogP) is 0.321. The van der Waals surface area contributed by atoms with E-state index >= 15 is 0 Å². The fourth-order valence-corrected chi connectivity index (χ4v) is 1.81. The number of oxime groups is 1. The molecule has 1 heterocycles. The molecule has 1 aliphatic heterocycles. The molecule has 0 unspecified atom stereocenters. The van der Waals surface area contributed by atoms with Crippen molar-refractivity contribution in [3.63, 3.8) is 0 Å². The molecular formula is C11H11N3O2S. The summed E-state index contributed by atoms with van der Waals surface area (Å²) < 4.78 is 0. The Kier molecular flexibility index (Phi) is 2.81. The number of nitrogens with zero attached hydrogens (tertiary/aromatic N) is 1. The van der Waals surface area contributed by atoms with Gasteiger partial charge in [-0.1, -0.05) is 47.7 Å². The number of hydrogen-bond acceptors (Lipinski definition) is 4. The number of carbonyl (C=O) groups is 1. The van der Waals surface area contributed by atoms with Crippen LogP contribution in [0.1, 0.15) is 12.0 Å². The Morgan fingerprint density at radius 1 is 1.35 bits per heavy atom. The van der Waals surface area contributed by atoms with Gasteiger partial charge in [0.05, 0.1) is 12.1 Å². The molecule has 0 spiro atoms. The van der Waals surface area contributed by atoms with E-state index in [1.54, 1.807) is 0 Å². The molecule has 1 atom stereocenters. The first-order valence-corrected chi connectivity index (χ1v) is 5.37. The molecule has 0 saturated heterocycles. The Balaban J connectivity index is 2.29. The van der Waals surface area contributed by atoms with Gasteiger partial charge in [-0.3, -0.25) is 4.79 Å². The summed E-state index contributed by atoms with van der Waals surface area (Å²) in [5.41, 5.74) is 10.8. The summed E-state index contributed by atoms with van der Waals surface area (Å²) in [6, 6.07) is 9.33. The molecule has 0 fully saturated rings. The molecule has 0 saturated carbocycles. The second-order valence-electron chi connectivity index (χ2n) is 3.73. The van der Waals surface area contributed by atoms with Crippen molar-refractivity contribution in [1.82, 2.24) is 0 Å². The van der Waals surface area contributed by atoms with Crippen LogP contribution in [0.25, 0.3) is 0 Å². The zero-order valence-electron chi connectivity index (χ0n) is 8.92. The van der Waals surface area contributed by atoms with E-state index in [4.69, 9.17) is 28.5 Å². The van der Waals surface area contributed by atoms with Crippen LogP contribution >= 0.6 is 12.2 Å². The van der Waals surface area contributed by atoms with Gasteiger partial charge in [-0.15, -0.1) is 0 Å². The highest BCUT2D eigenvalue weighted by Gasteiger charge is 2.48. The highest BCUT2D eigenvalue weighted by atomic mass is 32.1. The summed E-state index contributed by atoms with van der Waals surface area (Å²) in [5.74, 6) is -0.723. The maximum Gasteiger partial charge on any atom is 0.272 e. The highest BCUT2D eigenvalue weighted by Crippen LogP contribution is 2.27. The third-order valence-electron chi connectivity index (χ3n) is 2.63. The lowest BCUT2D eigenvalue weighted by atomic mass is 9.93. The van der Waals surface area contributed by atoms with Crippen molar-refractivity contribution < 1.29 is 9.63 Å². The fraction of sp³-hybridized carbons (Fsp3) is 0.182. The summed E-state index contributed by atoms with van der Waals surface area (Å²) in [7, 11) is 0. The Bertz CT molecular complexity index is 485. The first kappa shape index (κ1) is 11.5. The van der Waals surface area contributed by atoms with Crippen LogP contribution in [0.3, 0.4) is 0 Å². The second kappa shape index (κ2) is 4.14. The zero-order chi connectivity index (χ0) is 12.5. The predicted molar refractivity (Wildman–Crippen MR) is 67.4 cm³/mol. The van der Waals surface area contributed by atoms with Gasteiger partial charge in [-0.2, -0.15) is 0 Å². The fourth-order valence-electron chi connectivity index (χ4n) is 1.60. The van der Waals surface area contributed by atoms with Gasteiger partial charge >= 0.3 is 0 Å². The Labute approximate surface area is 103 Å². The largest absolute Gasteiger partial charge is 0.389 e. The molecule has 1 amide bonds. The molecule has 1 aromatic carbocycles. The Morgan fingerprint density at radius 2 is 2.00 bits per heavy atom. The quantitative estimate of drug-likeness (QED) is 0.755. The molecule has 5 nitrogen and oxygen atoms in total. The number of benzene rings is 1. The summed E-state index contributed by atoms with van der Waals surface area (Å²) >= 11 is 4.83. The van der Waals surface area contributed by atoms with Crippen molar-refractivity contribution in [2.45, 2.75) is 12.0 Å². The van der Waals surface area contributed by atoms with E-state index in [2.05, 4.69) is 5.16 Å². The number of thiocarbonyl (C=S) groups is 1. The summed E-state index contributed by atoms with van der Waals surface area (Å²) in [6.45, 7) is 0. The van der Waals surface area contributed by atoms with E-state index in [9.17, 15) is 4.79 Å². The molecule has 0 radical (unpaired) electrons. The van der Waals surface area contributed by atoms with Gasteiger partial charge < -0.3 is 16.3 Å². The van der Waals surface area contributed by atoms with Crippen molar-refractivity contribution in [3.8, 4) is 0 Å². The summed E-state index contributed by atoms with van der Waals surface area (Å²) in [6.07, 6.45) is 0.168. The van der Waals surface area contributed by atoms with Crippen molar-refractivity contribution >= 4 is 28.8 Å². The van der Waals surface area contributed by atoms with E-state index < -0.39 is 11.5 Å². The monoisotopic (exact) mass is 249 g/mol. The molecule has 1 aromatic rings. The van der Waals surface area contributed by atoms with E-state index in [0.717, 1.165) is 5.56 Å². The maximum absolute atomic E-state index is 11.4. The minimum Gasteiger partial charge on any atom is -0.389 e. The van der Waals surface area contributed by atoms with Crippen molar-refractivity contribution in [2.24, 2.45) is 16.6 Å². The lowest BCUT2D eigenvalue weighted by Crippen LogP contribution is -2.53. The van der Waals surface area contributed by atoms with Crippen LogP contribution in [0, 0.1) is 0 Å². The summed E-state index contributed by atoms with van der Waals surface area (Å²) in [4.78, 5) is 16.4. The normalized spacial score (nSPS) is 22.7. The van der Waals surface area contributed by atoms with Crippen LogP contribution in [0.2, 0.25) is 0 Å². The minimum absolute atomic E-state index is 0.0975. The zero-order valence-corrected chi connectivity index (χ0v) is 9.74. The third-order valence-corrected chi connectivity index (χ3v) is 2.96. The minimum atomic E-state index is -1.49. The average Bonchev–Trinajstić information content (AvgIpc) is 2.76. The molecule has 0 aliphatic carbocycles. The Hall–Kier alpha value is -1.95. The number of carbonyl (C=O) groups excluding carboxylic acids is 1. The van der Waals surface area contributed by atoms with E-state index in [-0.39, 0.29) is 11.4 Å². The number of amides is 1. The van der Waals surface area contributed by atoms with E-state index in [1.165, 1.54) is 0 Å². The maximum atomic E-state index is 11.4. The topological polar surface area (TPSA) is 90.7 Å². The second-order valence-corrected chi connectivity index (χ2v) is 4.17. The average molecular weight is 249 g/mol. The molecule has 0 aromatic heterocycles. The lowest BCUT2D eigenvalue weighted by Gasteiger charge is -2.20. The van der Waals surface area contributed by atoms with E-state index in [0.29, 0.717) is 5.71 Å². The van der Waals surface area contributed by atoms with Gasteiger partial charge in [-0.05, 0) is 5.56 Å². The number of rotatable bonds is 3. The first-order chi connectivity index (χ1) is 8.06. The SMILES string of the molecule is NC(=O)[C@@]1(C(N)=S)CC(c2ccccc2)=NO1. The van der Waals surface area contributed by atoms with Gasteiger partial charge in [-0.25, -0.2) is 0 Å². The van der Waals surface area contributed by atoms with Crippen LogP contribution in [0.5, 0.6) is 0 Å². The van der Waals surface area contributed by atoms with Crippen LogP contribution in [0.4, 0.5) is 0 Å². The van der Waals surface area contributed by atoms with Gasteiger partial charge in [0.2, 0.25) is 0 Å². The van der Waals surface area contributed by atoms with Gasteiger partial charge in [0.1, 0.15) is 4.99 Å². The van der Waals surface area contributed by atoms with Crippen LogP contribution in [-0.2, 0) is 9.63 Å². The van der Waals surface area contributed by atoms with Crippen molar-refractivity contribution in [2.75, 3.05) is 0 Å². The Morgan fingerprint density at radius 3 is 2.47 bits per heavy atom. The molecule has 1 aliphatic rings. The van der Waals surface area contributed by atoms with Gasteiger partial charge in [0.15, 0.2) is 0 Å². The van der Waals surface area contributed by atoms with Crippen molar-refractivity contribution in [3.05, 3.63) is 35.9 Å². The smallest absolute Gasteiger partial charge is 0.272 e. The third kappa shape index (κ3) is 1.87. The molecule has 88 valence electrons. The molecule has 4 N–H and O–H groups in total. The molecule has 2 rings (SSSR count). The number of hydrogen-bond donors (Lipinski definition) is 2. The lowest BCUT2D eigenvalue weighted by molar-refractivity contribution is -0.132. The number of primary amides is 1. The summed E-state index contributed by atoms with van der Waals surface area (Å²) in [5, 5.41) is 3.85. The molecule has 6 heteroatoms. The first-order valence-electron chi connectivity index (χ1n) is 4.96. The van der Waals surface area contributed by atoms with Crippen LogP contribution in [0.15, 0.2) is 35.5 Å². The van der Waals surface area contributed by atoms with Gasteiger partial charge in [0.25, 0.3) is 11.5 Å². The van der Waals surface area contributed by atoms with Gasteiger partial charge in [0, 0.05) is 0 Å². The van der Waals surface area contributed by atoms with Crippen molar-refractivity contribution in [1.29, 1.82) is 0 Å². The van der Waals surface area contributed by atoms with Crippen LogP contribution in [-0.4, -0.2) is 22.2 Å². The molecular weight excluding hydrogens is 238 g/mol.